The third-order valence-corrected chi connectivity index (χ3v) is 2.93. The van der Waals surface area contributed by atoms with Crippen LogP contribution in [-0.4, -0.2) is 26.3 Å². The number of methoxy groups -OCH3 is 1. The molecule has 5 nitrogen and oxygen atoms in total. The summed E-state index contributed by atoms with van der Waals surface area (Å²) in [6.07, 6.45) is 4.79. The molecule has 0 unspecified atom stereocenters. The van der Waals surface area contributed by atoms with Crippen molar-refractivity contribution in [3.05, 3.63) is 42.0 Å². The minimum absolute atomic E-state index is 0.0529. The number of nitriles is 1. The average molecular weight is 315 g/mol. The lowest BCUT2D eigenvalue weighted by Crippen LogP contribution is -2.07. The van der Waals surface area contributed by atoms with E-state index in [-0.39, 0.29) is 5.57 Å². The van der Waals surface area contributed by atoms with Gasteiger partial charge in [0.05, 0.1) is 13.7 Å². The zero-order valence-corrected chi connectivity index (χ0v) is 13.5. The molecule has 0 aliphatic heterocycles. The standard InChI is InChI=1S/C18H21NO4/c1-4-6-10-23-18(20)15(13-19)11-14-7-8-16(22-9-5-2)17(12-14)21-3/h5,7-8,11-12H,2,4,6,9-10H2,1,3H3. The number of carbonyl (C=O) groups is 1. The topological polar surface area (TPSA) is 68.5 Å². The summed E-state index contributed by atoms with van der Waals surface area (Å²) in [5.74, 6) is 0.456. The van der Waals surface area contributed by atoms with E-state index in [4.69, 9.17) is 19.5 Å². The number of carbonyl (C=O) groups excluding carboxylic acids is 1. The van der Waals surface area contributed by atoms with Gasteiger partial charge in [-0.1, -0.05) is 32.1 Å². The summed E-state index contributed by atoms with van der Waals surface area (Å²) in [5.41, 5.74) is 0.597. The van der Waals surface area contributed by atoms with Gasteiger partial charge < -0.3 is 14.2 Å². The van der Waals surface area contributed by atoms with Crippen LogP contribution in [0.4, 0.5) is 0 Å². The number of esters is 1. The summed E-state index contributed by atoms with van der Waals surface area (Å²) in [5, 5.41) is 9.13. The van der Waals surface area contributed by atoms with Crippen molar-refractivity contribution in [2.75, 3.05) is 20.3 Å². The Bertz CT molecular complexity index is 614. The molecule has 0 spiro atoms. The fourth-order valence-electron chi connectivity index (χ4n) is 1.73. The van der Waals surface area contributed by atoms with Gasteiger partial charge in [0.1, 0.15) is 18.2 Å². The minimum Gasteiger partial charge on any atom is -0.493 e. The normalized spacial score (nSPS) is 10.6. The molecule has 0 aliphatic rings. The van der Waals surface area contributed by atoms with Crippen molar-refractivity contribution < 1.29 is 19.0 Å². The van der Waals surface area contributed by atoms with Crippen LogP contribution in [0.5, 0.6) is 11.5 Å². The summed E-state index contributed by atoms with van der Waals surface area (Å²) in [6, 6.07) is 7.00. The number of nitrogens with zero attached hydrogens (tertiary/aromatic N) is 1. The molecular weight excluding hydrogens is 294 g/mol. The quantitative estimate of drug-likeness (QED) is 0.229. The molecule has 0 heterocycles. The van der Waals surface area contributed by atoms with Gasteiger partial charge in [0, 0.05) is 0 Å². The monoisotopic (exact) mass is 315 g/mol. The smallest absolute Gasteiger partial charge is 0.348 e. The number of rotatable bonds is 9. The van der Waals surface area contributed by atoms with Gasteiger partial charge in [-0.25, -0.2) is 4.79 Å². The van der Waals surface area contributed by atoms with Crippen molar-refractivity contribution >= 4 is 12.0 Å². The molecule has 0 atom stereocenters. The van der Waals surface area contributed by atoms with Gasteiger partial charge >= 0.3 is 5.97 Å². The molecule has 0 saturated carbocycles. The van der Waals surface area contributed by atoms with E-state index in [1.165, 1.54) is 13.2 Å². The Morgan fingerprint density at radius 2 is 2.17 bits per heavy atom. The van der Waals surface area contributed by atoms with Gasteiger partial charge in [-0.15, -0.1) is 0 Å². The maximum atomic E-state index is 11.8. The first-order chi connectivity index (χ1) is 11.2. The van der Waals surface area contributed by atoms with E-state index in [0.717, 1.165) is 12.8 Å². The minimum atomic E-state index is -0.619. The molecule has 0 N–H and O–H groups in total. The number of benzene rings is 1. The Balaban J connectivity index is 2.93. The molecule has 1 aromatic carbocycles. The molecule has 0 aliphatic carbocycles. The van der Waals surface area contributed by atoms with Crippen LogP contribution in [0.15, 0.2) is 36.4 Å². The van der Waals surface area contributed by atoms with Crippen LogP contribution in [0.2, 0.25) is 0 Å². The van der Waals surface area contributed by atoms with Gasteiger partial charge in [0.2, 0.25) is 0 Å². The van der Waals surface area contributed by atoms with E-state index < -0.39 is 5.97 Å². The third kappa shape index (κ3) is 5.87. The molecule has 0 amide bonds. The first kappa shape index (κ1) is 18.3. The van der Waals surface area contributed by atoms with E-state index in [2.05, 4.69) is 6.58 Å². The zero-order chi connectivity index (χ0) is 17.1. The predicted molar refractivity (Wildman–Crippen MR) is 88.1 cm³/mol. The summed E-state index contributed by atoms with van der Waals surface area (Å²) in [6.45, 7) is 6.26. The fraction of sp³-hybridized carbons (Fsp3) is 0.333. The Morgan fingerprint density at radius 1 is 1.39 bits per heavy atom. The second-order valence-electron chi connectivity index (χ2n) is 4.67. The van der Waals surface area contributed by atoms with Crippen molar-refractivity contribution in [3.8, 4) is 17.6 Å². The lowest BCUT2D eigenvalue weighted by molar-refractivity contribution is -0.138. The van der Waals surface area contributed by atoms with Gasteiger partial charge in [0.25, 0.3) is 0 Å². The molecule has 5 heteroatoms. The van der Waals surface area contributed by atoms with Crippen LogP contribution >= 0.6 is 0 Å². The van der Waals surface area contributed by atoms with E-state index in [1.54, 1.807) is 24.3 Å². The van der Waals surface area contributed by atoms with Gasteiger partial charge in [-0.3, -0.25) is 0 Å². The van der Waals surface area contributed by atoms with Crippen LogP contribution in [-0.2, 0) is 9.53 Å². The van der Waals surface area contributed by atoms with Crippen LogP contribution in [0, 0.1) is 11.3 Å². The Morgan fingerprint density at radius 3 is 2.78 bits per heavy atom. The zero-order valence-electron chi connectivity index (χ0n) is 13.5. The lowest BCUT2D eigenvalue weighted by Gasteiger charge is -2.10. The lowest BCUT2D eigenvalue weighted by atomic mass is 10.1. The molecule has 122 valence electrons. The summed E-state index contributed by atoms with van der Waals surface area (Å²) < 4.78 is 15.8. The number of ether oxygens (including phenoxy) is 3. The van der Waals surface area contributed by atoms with Gasteiger partial charge in [0.15, 0.2) is 11.5 Å². The van der Waals surface area contributed by atoms with E-state index in [9.17, 15) is 4.79 Å². The molecule has 0 radical (unpaired) electrons. The number of hydrogen-bond acceptors (Lipinski definition) is 5. The maximum absolute atomic E-state index is 11.8. The first-order valence-corrected chi connectivity index (χ1v) is 7.36. The van der Waals surface area contributed by atoms with Crippen molar-refractivity contribution in [2.45, 2.75) is 19.8 Å². The molecule has 0 aromatic heterocycles. The Kier molecular flexibility index (Phi) is 8.01. The van der Waals surface area contributed by atoms with Crippen molar-refractivity contribution in [1.29, 1.82) is 5.26 Å². The molecule has 1 rings (SSSR count). The number of hydrogen-bond donors (Lipinski definition) is 0. The van der Waals surface area contributed by atoms with Crippen molar-refractivity contribution in [1.82, 2.24) is 0 Å². The SMILES string of the molecule is C=CCOc1ccc(C=C(C#N)C(=O)OCCCC)cc1OC. The average Bonchev–Trinajstić information content (AvgIpc) is 2.58. The molecule has 0 saturated heterocycles. The highest BCUT2D eigenvalue weighted by molar-refractivity contribution is 5.97. The second kappa shape index (κ2) is 10.1. The highest BCUT2D eigenvalue weighted by atomic mass is 16.5. The second-order valence-corrected chi connectivity index (χ2v) is 4.67. The van der Waals surface area contributed by atoms with Crippen LogP contribution < -0.4 is 9.47 Å². The number of unbranched alkanes of at least 4 members (excludes halogenated alkanes) is 1. The van der Waals surface area contributed by atoms with Crippen LogP contribution in [0.3, 0.4) is 0 Å². The predicted octanol–water partition coefficient (Wildman–Crippen LogP) is 3.51. The molecule has 23 heavy (non-hydrogen) atoms. The fourth-order valence-corrected chi connectivity index (χ4v) is 1.73. The molecule has 0 bridgehead atoms. The van der Waals surface area contributed by atoms with Crippen molar-refractivity contribution in [3.63, 3.8) is 0 Å². The first-order valence-electron chi connectivity index (χ1n) is 7.36. The van der Waals surface area contributed by atoms with Gasteiger partial charge in [-0.05, 0) is 30.2 Å². The largest absolute Gasteiger partial charge is 0.493 e. The van der Waals surface area contributed by atoms with Crippen molar-refractivity contribution in [2.24, 2.45) is 0 Å². The maximum Gasteiger partial charge on any atom is 0.348 e. The molecular formula is C18H21NO4. The van der Waals surface area contributed by atoms with E-state index >= 15 is 0 Å². The van der Waals surface area contributed by atoms with E-state index in [1.807, 2.05) is 13.0 Å². The summed E-state index contributed by atoms with van der Waals surface area (Å²) in [7, 11) is 1.52. The van der Waals surface area contributed by atoms with Gasteiger partial charge in [-0.2, -0.15) is 5.26 Å². The Labute approximate surface area is 136 Å². The van der Waals surface area contributed by atoms with Crippen LogP contribution in [0.25, 0.3) is 6.08 Å². The van der Waals surface area contributed by atoms with E-state index in [0.29, 0.717) is 30.3 Å². The summed E-state index contributed by atoms with van der Waals surface area (Å²) in [4.78, 5) is 11.8. The molecule has 0 fully saturated rings. The Hall–Kier alpha value is -2.74. The summed E-state index contributed by atoms with van der Waals surface area (Å²) >= 11 is 0. The third-order valence-electron chi connectivity index (χ3n) is 2.93. The molecule has 1 aromatic rings. The highest BCUT2D eigenvalue weighted by Crippen LogP contribution is 2.29. The highest BCUT2D eigenvalue weighted by Gasteiger charge is 2.11. The van der Waals surface area contributed by atoms with Crippen LogP contribution in [0.1, 0.15) is 25.3 Å².